The van der Waals surface area contributed by atoms with Gasteiger partial charge in [0.1, 0.15) is 0 Å². The Kier molecular flexibility index (Phi) is 8.32. The summed E-state index contributed by atoms with van der Waals surface area (Å²) in [5, 5.41) is 4.33. The highest BCUT2D eigenvalue weighted by molar-refractivity contribution is 5.82. The van der Waals surface area contributed by atoms with E-state index in [0.717, 1.165) is 50.5 Å². The van der Waals surface area contributed by atoms with Crippen LogP contribution in [0.1, 0.15) is 76.1 Å². The van der Waals surface area contributed by atoms with Crippen LogP contribution in [0.3, 0.4) is 0 Å². The Balaban J connectivity index is 2.20. The van der Waals surface area contributed by atoms with Gasteiger partial charge in [-0.3, -0.25) is 4.79 Å². The lowest BCUT2D eigenvalue weighted by Crippen LogP contribution is -2.14. The van der Waals surface area contributed by atoms with Gasteiger partial charge < -0.3 is 4.74 Å². The molecule has 0 aliphatic rings. The Morgan fingerprint density at radius 3 is 2.38 bits per heavy atom. The highest BCUT2D eigenvalue weighted by Crippen LogP contribution is 2.22. The van der Waals surface area contributed by atoms with Gasteiger partial charge in [-0.2, -0.15) is 9.67 Å². The second kappa shape index (κ2) is 10.7. The van der Waals surface area contributed by atoms with Crippen LogP contribution < -0.4 is 4.74 Å². The molecular weight excluding hydrogens is 326 g/mol. The number of unbranched alkanes of at least 4 members (excludes halogenated alkanes) is 4. The predicted octanol–water partition coefficient (Wildman–Crippen LogP) is 5.30. The number of rotatable bonds is 11. The van der Waals surface area contributed by atoms with Gasteiger partial charge in [0.05, 0.1) is 6.61 Å². The Bertz CT molecular complexity index is 677. The van der Waals surface area contributed by atoms with Crippen LogP contribution in [0.2, 0.25) is 0 Å². The summed E-state index contributed by atoms with van der Waals surface area (Å²) in [4.78, 5) is 17.2. The van der Waals surface area contributed by atoms with Gasteiger partial charge >= 0.3 is 6.01 Å². The van der Waals surface area contributed by atoms with E-state index in [2.05, 4.69) is 43.0 Å². The molecule has 0 spiro atoms. The first-order valence-electron chi connectivity index (χ1n) is 9.91. The fourth-order valence-corrected chi connectivity index (χ4v) is 2.72. The third-order valence-corrected chi connectivity index (χ3v) is 4.42. The van der Waals surface area contributed by atoms with E-state index in [4.69, 9.17) is 4.74 Å². The largest absolute Gasteiger partial charge is 0.462 e. The molecule has 0 saturated heterocycles. The number of benzene rings is 1. The van der Waals surface area contributed by atoms with E-state index in [1.54, 1.807) is 0 Å². The lowest BCUT2D eigenvalue weighted by Gasteiger charge is -2.05. The molecule has 1 heterocycles. The average molecular weight is 357 g/mol. The number of nitrogens with zero attached hydrogens (tertiary/aromatic N) is 3. The lowest BCUT2D eigenvalue weighted by atomic mass is 10.1. The minimum atomic E-state index is -0.0199. The molecular formula is C21H31N3O2. The summed E-state index contributed by atoms with van der Waals surface area (Å²) in [6.45, 7) is 6.96. The first kappa shape index (κ1) is 20.1. The van der Waals surface area contributed by atoms with Crippen molar-refractivity contribution in [1.82, 2.24) is 14.8 Å². The molecule has 1 aromatic heterocycles. The van der Waals surface area contributed by atoms with Crippen molar-refractivity contribution >= 4 is 5.91 Å². The molecule has 142 valence electrons. The van der Waals surface area contributed by atoms with Crippen LogP contribution in [0.4, 0.5) is 0 Å². The molecule has 0 saturated carbocycles. The number of hydrogen-bond donors (Lipinski definition) is 0. The molecule has 2 aromatic rings. The molecule has 0 fully saturated rings. The summed E-state index contributed by atoms with van der Waals surface area (Å²) in [5.41, 5.74) is 2.15. The Labute approximate surface area is 156 Å². The van der Waals surface area contributed by atoms with Crippen molar-refractivity contribution in [2.75, 3.05) is 6.61 Å². The van der Waals surface area contributed by atoms with Crippen LogP contribution in [-0.2, 0) is 6.42 Å². The maximum Gasteiger partial charge on any atom is 0.336 e. The molecule has 0 N–H and O–H groups in total. The van der Waals surface area contributed by atoms with E-state index in [-0.39, 0.29) is 11.9 Å². The van der Waals surface area contributed by atoms with Crippen molar-refractivity contribution in [3.63, 3.8) is 0 Å². The van der Waals surface area contributed by atoms with E-state index >= 15 is 0 Å². The van der Waals surface area contributed by atoms with Gasteiger partial charge in [-0.05, 0) is 24.8 Å². The van der Waals surface area contributed by atoms with Crippen LogP contribution in [0, 0.1) is 0 Å². The average Bonchev–Trinajstić information content (AvgIpc) is 3.10. The van der Waals surface area contributed by atoms with Crippen LogP contribution in [0.15, 0.2) is 24.3 Å². The van der Waals surface area contributed by atoms with E-state index in [1.165, 1.54) is 10.2 Å². The lowest BCUT2D eigenvalue weighted by molar-refractivity contribution is 0.0882. The molecule has 0 radical (unpaired) electrons. The highest BCUT2D eigenvalue weighted by Gasteiger charge is 2.18. The molecule has 0 bridgehead atoms. The number of carbonyl (C=O) groups excluding carboxylic acids is 1. The number of aryl methyl sites for hydroxylation is 1. The normalized spacial score (nSPS) is 10.9. The second-order valence-electron chi connectivity index (χ2n) is 6.59. The number of ether oxygens (including phenoxy) is 1. The van der Waals surface area contributed by atoms with Crippen LogP contribution in [0.5, 0.6) is 6.01 Å². The molecule has 0 unspecified atom stereocenters. The zero-order valence-electron chi connectivity index (χ0n) is 16.3. The van der Waals surface area contributed by atoms with Crippen molar-refractivity contribution in [3.8, 4) is 17.4 Å². The monoisotopic (exact) mass is 357 g/mol. The molecule has 1 aromatic carbocycles. The fraction of sp³-hybridized carbons (Fsp3) is 0.571. The zero-order chi connectivity index (χ0) is 18.8. The SMILES string of the molecule is CCCCCCC(=O)n1nc(OCCCC)nc1-c1ccc(CC)cc1. The third kappa shape index (κ3) is 5.68. The third-order valence-electron chi connectivity index (χ3n) is 4.42. The topological polar surface area (TPSA) is 57.0 Å². The molecule has 0 atom stereocenters. The van der Waals surface area contributed by atoms with Gasteiger partial charge in [-0.25, -0.2) is 0 Å². The van der Waals surface area contributed by atoms with Gasteiger partial charge in [0.25, 0.3) is 0 Å². The molecule has 5 nitrogen and oxygen atoms in total. The summed E-state index contributed by atoms with van der Waals surface area (Å²) in [5.74, 6) is 0.549. The standard InChI is InChI=1S/C21H31N3O2/c1-4-7-9-10-11-19(25)24-20(18-14-12-17(6-3)13-15-18)22-21(23-24)26-16-8-5-2/h12-15H,4-11,16H2,1-3H3. The highest BCUT2D eigenvalue weighted by atomic mass is 16.5. The Morgan fingerprint density at radius 2 is 1.73 bits per heavy atom. The van der Waals surface area contributed by atoms with E-state index in [0.29, 0.717) is 18.9 Å². The van der Waals surface area contributed by atoms with Gasteiger partial charge in [0.15, 0.2) is 5.82 Å². The van der Waals surface area contributed by atoms with Gasteiger partial charge in [0.2, 0.25) is 5.91 Å². The maximum absolute atomic E-state index is 12.7. The van der Waals surface area contributed by atoms with E-state index < -0.39 is 0 Å². The van der Waals surface area contributed by atoms with E-state index in [9.17, 15) is 4.79 Å². The van der Waals surface area contributed by atoms with Gasteiger partial charge in [-0.15, -0.1) is 5.10 Å². The first-order chi connectivity index (χ1) is 12.7. The summed E-state index contributed by atoms with van der Waals surface area (Å²) >= 11 is 0. The minimum absolute atomic E-state index is 0.0199. The van der Waals surface area contributed by atoms with Crippen LogP contribution in [0.25, 0.3) is 11.4 Å². The van der Waals surface area contributed by atoms with Crippen LogP contribution >= 0.6 is 0 Å². The Morgan fingerprint density at radius 1 is 1.00 bits per heavy atom. The second-order valence-corrected chi connectivity index (χ2v) is 6.59. The molecule has 0 aliphatic heterocycles. The van der Waals surface area contributed by atoms with Crippen LogP contribution in [-0.4, -0.2) is 27.3 Å². The van der Waals surface area contributed by atoms with Crippen molar-refractivity contribution in [3.05, 3.63) is 29.8 Å². The molecule has 26 heavy (non-hydrogen) atoms. The molecule has 0 amide bonds. The van der Waals surface area contributed by atoms with Crippen molar-refractivity contribution < 1.29 is 9.53 Å². The Hall–Kier alpha value is -2.17. The minimum Gasteiger partial charge on any atom is -0.462 e. The summed E-state index contributed by atoms with van der Waals surface area (Å²) in [6, 6.07) is 8.42. The summed E-state index contributed by atoms with van der Waals surface area (Å²) in [6.07, 6.45) is 7.71. The first-order valence-corrected chi connectivity index (χ1v) is 9.91. The summed E-state index contributed by atoms with van der Waals surface area (Å²) in [7, 11) is 0. The van der Waals surface area contributed by atoms with Crippen molar-refractivity contribution in [2.45, 2.75) is 72.1 Å². The van der Waals surface area contributed by atoms with E-state index in [1.807, 2.05) is 12.1 Å². The maximum atomic E-state index is 12.7. The summed E-state index contributed by atoms with van der Waals surface area (Å²) < 4.78 is 7.06. The molecule has 5 heteroatoms. The predicted molar refractivity (Wildman–Crippen MR) is 105 cm³/mol. The fourth-order valence-electron chi connectivity index (χ4n) is 2.72. The smallest absolute Gasteiger partial charge is 0.336 e. The quantitative estimate of drug-likeness (QED) is 0.512. The molecule has 0 aliphatic carbocycles. The number of hydrogen-bond acceptors (Lipinski definition) is 4. The van der Waals surface area contributed by atoms with Gasteiger partial charge in [0, 0.05) is 12.0 Å². The number of aromatic nitrogens is 3. The zero-order valence-corrected chi connectivity index (χ0v) is 16.3. The molecule has 2 rings (SSSR count). The number of carbonyl (C=O) groups is 1. The van der Waals surface area contributed by atoms with Crippen molar-refractivity contribution in [2.24, 2.45) is 0 Å². The van der Waals surface area contributed by atoms with Gasteiger partial charge in [-0.1, -0.05) is 70.7 Å². The van der Waals surface area contributed by atoms with Crippen molar-refractivity contribution in [1.29, 1.82) is 0 Å².